The van der Waals surface area contributed by atoms with Crippen molar-refractivity contribution < 1.29 is 20.1 Å². The summed E-state index contributed by atoms with van der Waals surface area (Å²) >= 11 is 0. The molecule has 84 valence electrons. The maximum atomic E-state index is 9.97. The Labute approximate surface area is 84.6 Å². The van der Waals surface area contributed by atoms with E-state index >= 15 is 0 Å². The molecule has 0 bridgehead atoms. The van der Waals surface area contributed by atoms with Crippen molar-refractivity contribution in [1.82, 2.24) is 0 Å². The average molecular weight is 204 g/mol. The Kier molecular flexibility index (Phi) is 8.83. The number of aliphatic hydroxyl groups is 3. The van der Waals surface area contributed by atoms with Crippen molar-refractivity contribution in [2.45, 2.75) is 50.7 Å². The van der Waals surface area contributed by atoms with E-state index in [1.807, 2.05) is 0 Å². The summed E-state index contributed by atoms with van der Waals surface area (Å²) in [6.45, 7) is -0.397. The van der Waals surface area contributed by atoms with Crippen LogP contribution >= 0.6 is 0 Å². The van der Waals surface area contributed by atoms with Crippen LogP contribution in [0, 0.1) is 0 Å². The molecular weight excluding hydrogens is 184 g/mol. The van der Waals surface area contributed by atoms with E-state index in [0.717, 1.165) is 32.0 Å². The monoisotopic (exact) mass is 204 g/mol. The van der Waals surface area contributed by atoms with Gasteiger partial charge >= 0.3 is 0 Å². The fourth-order valence-electron chi connectivity index (χ4n) is 1.25. The highest BCUT2D eigenvalue weighted by Crippen LogP contribution is 2.08. The maximum Gasteiger partial charge on any atom is 0.119 e. The number of aliphatic hydroxyl groups excluding tert-OH is 3. The van der Waals surface area contributed by atoms with Crippen LogP contribution in [0.15, 0.2) is 0 Å². The first-order valence-corrected chi connectivity index (χ1v) is 5.13. The molecule has 0 aliphatic carbocycles. The summed E-state index contributed by atoms with van der Waals surface area (Å²) in [4.78, 5) is 9.97. The van der Waals surface area contributed by atoms with Crippen molar-refractivity contribution in [3.63, 3.8) is 0 Å². The Balaban J connectivity index is 3.22. The van der Waals surface area contributed by atoms with Crippen molar-refractivity contribution in [2.24, 2.45) is 0 Å². The van der Waals surface area contributed by atoms with Gasteiger partial charge in [0.05, 0.1) is 12.7 Å². The first kappa shape index (κ1) is 13.5. The Morgan fingerprint density at radius 1 is 1.00 bits per heavy atom. The molecule has 4 heteroatoms. The predicted octanol–water partition coefficient (Wildman–Crippen LogP) is 0.240. The maximum absolute atomic E-state index is 9.97. The third kappa shape index (κ3) is 7.00. The second kappa shape index (κ2) is 9.12. The van der Waals surface area contributed by atoms with Crippen molar-refractivity contribution >= 4 is 6.29 Å². The minimum Gasteiger partial charge on any atom is -0.394 e. The molecule has 0 aromatic heterocycles. The van der Waals surface area contributed by atoms with Crippen LogP contribution in [0.4, 0.5) is 0 Å². The van der Waals surface area contributed by atoms with Crippen LogP contribution in [0.2, 0.25) is 0 Å². The molecule has 0 saturated carbocycles. The lowest BCUT2D eigenvalue weighted by molar-refractivity contribution is -0.107. The number of carbonyl (C=O) groups is 1. The summed E-state index contributed by atoms with van der Waals surface area (Å²) in [7, 11) is 0. The van der Waals surface area contributed by atoms with Gasteiger partial charge in [-0.15, -0.1) is 0 Å². The van der Waals surface area contributed by atoms with Crippen molar-refractivity contribution in [3.05, 3.63) is 0 Å². The predicted molar refractivity (Wildman–Crippen MR) is 52.9 cm³/mol. The molecule has 3 N–H and O–H groups in total. The summed E-state index contributed by atoms with van der Waals surface area (Å²) in [6, 6.07) is 0. The zero-order valence-corrected chi connectivity index (χ0v) is 8.43. The summed E-state index contributed by atoms with van der Waals surface area (Å²) in [5, 5.41) is 26.8. The highest BCUT2D eigenvalue weighted by atomic mass is 16.4. The van der Waals surface area contributed by atoms with Crippen LogP contribution < -0.4 is 0 Å². The lowest BCUT2D eigenvalue weighted by atomic mass is 10.1. The molecule has 0 aliphatic heterocycles. The van der Waals surface area contributed by atoms with E-state index in [4.69, 9.17) is 10.2 Å². The van der Waals surface area contributed by atoms with E-state index in [9.17, 15) is 9.90 Å². The van der Waals surface area contributed by atoms with E-state index < -0.39 is 18.8 Å². The minimum atomic E-state index is -1.02. The molecular formula is C10H20O4. The van der Waals surface area contributed by atoms with Gasteiger partial charge < -0.3 is 20.1 Å². The number of unbranched alkanes of at least 4 members (excludes halogenated alkanes) is 4. The molecule has 0 saturated heterocycles. The van der Waals surface area contributed by atoms with Gasteiger partial charge in [0.1, 0.15) is 12.4 Å². The van der Waals surface area contributed by atoms with Gasteiger partial charge in [0.25, 0.3) is 0 Å². The molecule has 0 aromatic rings. The van der Waals surface area contributed by atoms with Crippen molar-refractivity contribution in [2.75, 3.05) is 6.61 Å². The van der Waals surface area contributed by atoms with E-state index in [-0.39, 0.29) is 0 Å². The van der Waals surface area contributed by atoms with Gasteiger partial charge in [-0.3, -0.25) is 0 Å². The Bertz CT molecular complexity index is 138. The molecule has 0 aliphatic rings. The molecule has 0 fully saturated rings. The fraction of sp³-hybridized carbons (Fsp3) is 0.900. The van der Waals surface area contributed by atoms with E-state index in [2.05, 4.69) is 0 Å². The van der Waals surface area contributed by atoms with Gasteiger partial charge in [0, 0.05) is 6.42 Å². The zero-order chi connectivity index (χ0) is 10.8. The summed E-state index contributed by atoms with van der Waals surface area (Å²) in [5.41, 5.74) is 0. The zero-order valence-electron chi connectivity index (χ0n) is 8.43. The lowest BCUT2D eigenvalue weighted by Crippen LogP contribution is -2.28. The lowest BCUT2D eigenvalue weighted by Gasteiger charge is -2.14. The number of aldehydes is 1. The Morgan fingerprint density at radius 3 is 2.21 bits per heavy atom. The molecule has 14 heavy (non-hydrogen) atoms. The smallest absolute Gasteiger partial charge is 0.119 e. The van der Waals surface area contributed by atoms with E-state index in [0.29, 0.717) is 12.8 Å². The van der Waals surface area contributed by atoms with Gasteiger partial charge in [-0.1, -0.05) is 19.3 Å². The first-order valence-electron chi connectivity index (χ1n) is 5.13. The standard InChI is InChI=1S/C10H20O4/c11-7-5-3-1-2-4-6-9(13)10(14)8-12/h7,9-10,12-14H,1-6,8H2. The van der Waals surface area contributed by atoms with Crippen LogP contribution in [-0.4, -0.2) is 40.4 Å². The quantitative estimate of drug-likeness (QED) is 0.371. The number of carbonyl (C=O) groups excluding carboxylic acids is 1. The summed E-state index contributed by atoms with van der Waals surface area (Å²) in [5.74, 6) is 0. The van der Waals surface area contributed by atoms with Crippen LogP contribution in [0.5, 0.6) is 0 Å². The average Bonchev–Trinajstić information content (AvgIpc) is 2.21. The van der Waals surface area contributed by atoms with Gasteiger partial charge in [-0.2, -0.15) is 0 Å². The molecule has 0 radical (unpaired) electrons. The molecule has 0 amide bonds. The molecule has 0 rings (SSSR count). The van der Waals surface area contributed by atoms with Crippen LogP contribution in [0.1, 0.15) is 38.5 Å². The Hall–Kier alpha value is -0.450. The molecule has 2 atom stereocenters. The van der Waals surface area contributed by atoms with Crippen LogP contribution in [0.3, 0.4) is 0 Å². The molecule has 0 aromatic carbocycles. The molecule has 2 unspecified atom stereocenters. The van der Waals surface area contributed by atoms with Crippen molar-refractivity contribution in [3.8, 4) is 0 Å². The second-order valence-electron chi connectivity index (χ2n) is 3.48. The minimum absolute atomic E-state index is 0.397. The van der Waals surface area contributed by atoms with E-state index in [1.54, 1.807) is 0 Å². The summed E-state index contributed by atoms with van der Waals surface area (Å²) in [6.07, 6.45) is 3.79. The van der Waals surface area contributed by atoms with Gasteiger partial charge in [0.15, 0.2) is 0 Å². The third-order valence-electron chi connectivity index (χ3n) is 2.20. The SMILES string of the molecule is O=CCCCCCCC(O)C(O)CO. The fourth-order valence-corrected chi connectivity index (χ4v) is 1.25. The largest absolute Gasteiger partial charge is 0.394 e. The van der Waals surface area contributed by atoms with Gasteiger partial charge in [-0.05, 0) is 12.8 Å². The Morgan fingerprint density at radius 2 is 1.64 bits per heavy atom. The van der Waals surface area contributed by atoms with Gasteiger partial charge in [0.2, 0.25) is 0 Å². The normalized spacial score (nSPS) is 15.1. The number of hydrogen-bond donors (Lipinski definition) is 3. The first-order chi connectivity index (χ1) is 6.72. The highest BCUT2D eigenvalue weighted by molar-refractivity contribution is 5.48. The summed E-state index contributed by atoms with van der Waals surface area (Å²) < 4.78 is 0. The number of hydrogen-bond acceptors (Lipinski definition) is 4. The second-order valence-corrected chi connectivity index (χ2v) is 3.48. The van der Waals surface area contributed by atoms with E-state index in [1.165, 1.54) is 0 Å². The topological polar surface area (TPSA) is 77.8 Å². The van der Waals surface area contributed by atoms with Crippen LogP contribution in [-0.2, 0) is 4.79 Å². The molecule has 0 heterocycles. The highest BCUT2D eigenvalue weighted by Gasteiger charge is 2.13. The van der Waals surface area contributed by atoms with Crippen molar-refractivity contribution in [1.29, 1.82) is 0 Å². The molecule has 4 nitrogen and oxygen atoms in total. The number of rotatable bonds is 9. The third-order valence-corrected chi connectivity index (χ3v) is 2.20. The van der Waals surface area contributed by atoms with Crippen LogP contribution in [0.25, 0.3) is 0 Å². The van der Waals surface area contributed by atoms with Gasteiger partial charge in [-0.25, -0.2) is 0 Å². The molecule has 0 spiro atoms.